The van der Waals surface area contributed by atoms with E-state index < -0.39 is 24.7 Å². The fourth-order valence-corrected chi connectivity index (χ4v) is 6.13. The molecular weight excluding hydrogens is 590 g/mol. The number of esters is 1. The van der Waals surface area contributed by atoms with E-state index in [1.807, 2.05) is 43.3 Å². The topological polar surface area (TPSA) is 48.0 Å². The molecule has 2 aliphatic heterocycles. The van der Waals surface area contributed by atoms with E-state index in [0.29, 0.717) is 23.1 Å². The number of hydrogen-bond donors (Lipinski definition) is 0. The Labute approximate surface area is 253 Å². The van der Waals surface area contributed by atoms with Gasteiger partial charge in [0.2, 0.25) is 0 Å². The first kappa shape index (κ1) is 30.5. The first-order chi connectivity index (χ1) is 20.0. The molecule has 5 rings (SSSR count). The van der Waals surface area contributed by atoms with Crippen molar-refractivity contribution in [2.45, 2.75) is 63.4 Å². The van der Waals surface area contributed by atoms with Crippen molar-refractivity contribution in [3.8, 4) is 11.5 Å². The van der Waals surface area contributed by atoms with Gasteiger partial charge < -0.3 is 14.2 Å². The van der Waals surface area contributed by atoms with E-state index in [4.69, 9.17) is 37.4 Å². The van der Waals surface area contributed by atoms with Crippen LogP contribution in [0.15, 0.2) is 54.6 Å². The molecule has 42 heavy (non-hydrogen) atoms. The highest BCUT2D eigenvalue weighted by atomic mass is 35.5. The summed E-state index contributed by atoms with van der Waals surface area (Å²) in [6.45, 7) is 1.38. The molecule has 0 bridgehead atoms. The molecule has 2 aliphatic rings. The van der Waals surface area contributed by atoms with Gasteiger partial charge in [-0.1, -0.05) is 54.4 Å². The number of halogens is 5. The van der Waals surface area contributed by atoms with Crippen LogP contribution in [-0.4, -0.2) is 43.3 Å². The summed E-state index contributed by atoms with van der Waals surface area (Å²) in [7, 11) is 1.19. The molecule has 0 saturated heterocycles. The number of fused-ring (bicyclic) bond motifs is 2. The smallest absolute Gasteiger partial charge is 0.401 e. The summed E-state index contributed by atoms with van der Waals surface area (Å²) in [5.74, 6) is 0.945. The van der Waals surface area contributed by atoms with Crippen LogP contribution in [0.3, 0.4) is 0 Å². The lowest BCUT2D eigenvalue weighted by Gasteiger charge is -2.36. The molecule has 10 heteroatoms. The minimum Gasteiger partial charge on any atom is -0.493 e. The number of carbonyl (C=O) groups is 1. The van der Waals surface area contributed by atoms with Crippen molar-refractivity contribution >= 4 is 29.2 Å². The number of rotatable bonds is 7. The van der Waals surface area contributed by atoms with Crippen LogP contribution in [0.5, 0.6) is 11.5 Å². The third-order valence-electron chi connectivity index (χ3n) is 7.97. The molecule has 0 aromatic heterocycles. The van der Waals surface area contributed by atoms with Gasteiger partial charge >= 0.3 is 12.1 Å². The lowest BCUT2D eigenvalue weighted by atomic mass is 9.86. The number of ether oxygens (including phenoxy) is 3. The fraction of sp³-hybridized carbons (Fsp3) is 0.406. The summed E-state index contributed by atoms with van der Waals surface area (Å²) in [6.07, 6.45) is -2.25. The Morgan fingerprint density at radius 1 is 1.02 bits per heavy atom. The molecule has 3 atom stereocenters. The highest BCUT2D eigenvalue weighted by Crippen LogP contribution is 2.38. The molecule has 5 nitrogen and oxygen atoms in total. The summed E-state index contributed by atoms with van der Waals surface area (Å²) in [6, 6.07) is 16.4. The standard InChI is InChI=1S/C32H32Cl2F3NO4/c1-3-29(21-6-9-26(33)27(34)14-21)42-25-7-4-19(5-8-25)20-10-11-41-30-16-22-15-28(31(39)40-2)38(18-32(35,36)37)17-24(22)13-23(30)12-20/h4-9,13-14,16,20,28-29H,3,10-12,15,17-18H2,1-2H3/t20-,28+,29-/m1/s1. The van der Waals surface area contributed by atoms with Gasteiger partial charge in [0, 0.05) is 6.54 Å². The average Bonchev–Trinajstić information content (AvgIpc) is 3.17. The Bertz CT molecular complexity index is 1430. The number of benzene rings is 3. The zero-order chi connectivity index (χ0) is 30.0. The van der Waals surface area contributed by atoms with Gasteiger partial charge in [-0.3, -0.25) is 9.69 Å². The van der Waals surface area contributed by atoms with Crippen molar-refractivity contribution in [3.63, 3.8) is 0 Å². The molecule has 3 aromatic rings. The van der Waals surface area contributed by atoms with E-state index in [2.05, 4.69) is 12.1 Å². The molecule has 0 unspecified atom stereocenters. The van der Waals surface area contributed by atoms with Crippen LogP contribution in [0.4, 0.5) is 13.2 Å². The Balaban J connectivity index is 1.33. The van der Waals surface area contributed by atoms with Crippen LogP contribution in [0.25, 0.3) is 0 Å². The van der Waals surface area contributed by atoms with Gasteiger partial charge in [-0.2, -0.15) is 13.2 Å². The zero-order valence-electron chi connectivity index (χ0n) is 23.3. The Morgan fingerprint density at radius 3 is 2.45 bits per heavy atom. The Hall–Kier alpha value is -2.94. The zero-order valence-corrected chi connectivity index (χ0v) is 24.9. The predicted molar refractivity (Wildman–Crippen MR) is 156 cm³/mol. The minimum absolute atomic E-state index is 0.00994. The van der Waals surface area contributed by atoms with Crippen LogP contribution in [0.2, 0.25) is 10.0 Å². The maximum atomic E-state index is 13.3. The molecule has 0 spiro atoms. The number of methoxy groups -OCH3 is 1. The first-order valence-corrected chi connectivity index (χ1v) is 14.7. The lowest BCUT2D eigenvalue weighted by molar-refractivity contribution is -0.165. The second kappa shape index (κ2) is 12.7. The highest BCUT2D eigenvalue weighted by molar-refractivity contribution is 6.42. The van der Waals surface area contributed by atoms with E-state index in [-0.39, 0.29) is 25.0 Å². The van der Waals surface area contributed by atoms with Crippen LogP contribution in [0.1, 0.15) is 59.6 Å². The third kappa shape index (κ3) is 6.99. The average molecular weight is 623 g/mol. The fourth-order valence-electron chi connectivity index (χ4n) is 5.83. The second-order valence-corrected chi connectivity index (χ2v) is 11.6. The summed E-state index contributed by atoms with van der Waals surface area (Å²) in [5.41, 5.74) is 4.62. The molecule has 0 saturated carbocycles. The van der Waals surface area contributed by atoms with Gasteiger partial charge in [0.25, 0.3) is 0 Å². The molecule has 2 heterocycles. The number of hydrogen-bond acceptors (Lipinski definition) is 5. The summed E-state index contributed by atoms with van der Waals surface area (Å²) >= 11 is 12.3. The second-order valence-electron chi connectivity index (χ2n) is 10.8. The van der Waals surface area contributed by atoms with Gasteiger partial charge in [-0.05, 0) is 89.8 Å². The largest absolute Gasteiger partial charge is 0.493 e. The van der Waals surface area contributed by atoms with Crippen molar-refractivity contribution in [2.75, 3.05) is 20.3 Å². The number of carbonyl (C=O) groups excluding carboxylic acids is 1. The van der Waals surface area contributed by atoms with Crippen LogP contribution >= 0.6 is 23.2 Å². The van der Waals surface area contributed by atoms with Crippen LogP contribution in [0, 0.1) is 0 Å². The van der Waals surface area contributed by atoms with Gasteiger partial charge in [0.05, 0.1) is 30.3 Å². The summed E-state index contributed by atoms with van der Waals surface area (Å²) in [5, 5.41) is 0.984. The maximum absolute atomic E-state index is 13.3. The summed E-state index contributed by atoms with van der Waals surface area (Å²) in [4.78, 5) is 13.5. The molecule has 0 radical (unpaired) electrons. The van der Waals surface area contributed by atoms with E-state index in [1.54, 1.807) is 6.07 Å². The number of alkyl halides is 3. The van der Waals surface area contributed by atoms with Crippen LogP contribution < -0.4 is 9.47 Å². The van der Waals surface area contributed by atoms with Gasteiger partial charge in [-0.25, -0.2) is 0 Å². The van der Waals surface area contributed by atoms with Gasteiger partial charge in [0.1, 0.15) is 23.6 Å². The summed E-state index contributed by atoms with van der Waals surface area (Å²) < 4.78 is 57.2. The Morgan fingerprint density at radius 2 is 1.79 bits per heavy atom. The van der Waals surface area contributed by atoms with E-state index in [9.17, 15) is 18.0 Å². The normalized spacial score (nSPS) is 19.6. The molecule has 0 N–H and O–H groups in total. The molecular formula is C32H32Cl2F3NO4. The van der Waals surface area contributed by atoms with Crippen LogP contribution in [-0.2, 0) is 28.9 Å². The van der Waals surface area contributed by atoms with Crippen molar-refractivity contribution in [1.82, 2.24) is 4.90 Å². The van der Waals surface area contributed by atoms with Crippen molar-refractivity contribution in [3.05, 3.63) is 92.5 Å². The molecule has 0 fully saturated rings. The Kier molecular flexibility index (Phi) is 9.26. The van der Waals surface area contributed by atoms with E-state index in [1.165, 1.54) is 7.11 Å². The molecule has 0 aliphatic carbocycles. The minimum atomic E-state index is -4.43. The highest BCUT2D eigenvalue weighted by Gasteiger charge is 2.40. The van der Waals surface area contributed by atoms with Crippen molar-refractivity contribution in [1.29, 1.82) is 0 Å². The molecule has 0 amide bonds. The van der Waals surface area contributed by atoms with Crippen molar-refractivity contribution in [2.24, 2.45) is 0 Å². The maximum Gasteiger partial charge on any atom is 0.401 e. The van der Waals surface area contributed by atoms with E-state index >= 15 is 0 Å². The van der Waals surface area contributed by atoms with Crippen molar-refractivity contribution < 1.29 is 32.2 Å². The molecule has 224 valence electrons. The monoisotopic (exact) mass is 621 g/mol. The van der Waals surface area contributed by atoms with Gasteiger partial charge in [0.15, 0.2) is 0 Å². The quantitative estimate of drug-likeness (QED) is 0.250. The van der Waals surface area contributed by atoms with E-state index in [0.717, 1.165) is 57.1 Å². The third-order valence-corrected chi connectivity index (χ3v) is 8.71. The number of nitrogens with zero attached hydrogens (tertiary/aromatic N) is 1. The SMILES string of the molecule is CC[C@@H](Oc1ccc([C@@H]2CCOc3cc4c(cc3C2)CN(CC(F)(F)F)[C@H](C(=O)OC)C4)cc1)c1ccc(Cl)c(Cl)c1. The lowest BCUT2D eigenvalue weighted by Crippen LogP contribution is -2.49. The predicted octanol–water partition coefficient (Wildman–Crippen LogP) is 8.09. The van der Waals surface area contributed by atoms with Gasteiger partial charge in [-0.15, -0.1) is 0 Å². The molecule has 3 aromatic carbocycles. The first-order valence-electron chi connectivity index (χ1n) is 13.9.